The van der Waals surface area contributed by atoms with Crippen LogP contribution in [0.1, 0.15) is 24.0 Å². The van der Waals surface area contributed by atoms with E-state index in [4.69, 9.17) is 4.74 Å². The second kappa shape index (κ2) is 7.98. The van der Waals surface area contributed by atoms with Crippen molar-refractivity contribution in [1.29, 1.82) is 0 Å². The maximum Gasteiger partial charge on any atom is 0.223 e. The van der Waals surface area contributed by atoms with E-state index in [0.29, 0.717) is 39.1 Å². The fourth-order valence-electron chi connectivity index (χ4n) is 2.81. The lowest BCUT2D eigenvalue weighted by Gasteiger charge is -2.29. The normalized spacial score (nSPS) is 16.8. The highest BCUT2D eigenvalue weighted by molar-refractivity contribution is 7.88. The molecule has 1 fully saturated rings. The van der Waals surface area contributed by atoms with Gasteiger partial charge < -0.3 is 10.1 Å². The van der Waals surface area contributed by atoms with Crippen molar-refractivity contribution in [2.75, 3.05) is 32.5 Å². The van der Waals surface area contributed by atoms with Gasteiger partial charge in [0, 0.05) is 19.0 Å². The summed E-state index contributed by atoms with van der Waals surface area (Å²) in [6.45, 7) is 5.73. The molecule has 1 aliphatic rings. The number of ether oxygens (including phenoxy) is 1. The van der Waals surface area contributed by atoms with Crippen molar-refractivity contribution in [1.82, 2.24) is 9.62 Å². The molecule has 1 amide bonds. The van der Waals surface area contributed by atoms with Crippen LogP contribution < -0.4 is 10.1 Å². The Hall–Kier alpha value is -1.60. The second-order valence-corrected chi connectivity index (χ2v) is 8.26. The van der Waals surface area contributed by atoms with Gasteiger partial charge in [-0.05, 0) is 43.9 Å². The number of nitrogens with zero attached hydrogens (tertiary/aromatic N) is 1. The zero-order chi connectivity index (χ0) is 17.7. The van der Waals surface area contributed by atoms with Gasteiger partial charge in [-0.1, -0.05) is 12.1 Å². The van der Waals surface area contributed by atoms with Crippen LogP contribution in [0.3, 0.4) is 0 Å². The molecule has 2 rings (SSSR count). The van der Waals surface area contributed by atoms with E-state index in [9.17, 15) is 13.2 Å². The number of hydrogen-bond acceptors (Lipinski definition) is 4. The first-order valence-electron chi connectivity index (χ1n) is 8.21. The third kappa shape index (κ3) is 4.95. The fourth-order valence-corrected chi connectivity index (χ4v) is 3.68. The van der Waals surface area contributed by atoms with Crippen molar-refractivity contribution >= 4 is 15.9 Å². The minimum Gasteiger partial charge on any atom is -0.491 e. The maximum atomic E-state index is 12.2. The molecule has 1 heterocycles. The van der Waals surface area contributed by atoms with Crippen LogP contribution in [0.25, 0.3) is 0 Å². The van der Waals surface area contributed by atoms with Gasteiger partial charge in [0.05, 0.1) is 12.8 Å². The van der Waals surface area contributed by atoms with Gasteiger partial charge in [-0.2, -0.15) is 0 Å². The summed E-state index contributed by atoms with van der Waals surface area (Å²) in [5, 5.41) is 2.88. The van der Waals surface area contributed by atoms with Crippen molar-refractivity contribution in [3.63, 3.8) is 0 Å². The topological polar surface area (TPSA) is 75.7 Å². The number of rotatable bonds is 6. The Morgan fingerprint density at radius 3 is 2.58 bits per heavy atom. The average molecular weight is 354 g/mol. The average Bonchev–Trinajstić information content (AvgIpc) is 2.54. The molecule has 0 spiro atoms. The highest BCUT2D eigenvalue weighted by Crippen LogP contribution is 2.21. The lowest BCUT2D eigenvalue weighted by Crippen LogP contribution is -2.43. The highest BCUT2D eigenvalue weighted by atomic mass is 32.2. The summed E-state index contributed by atoms with van der Waals surface area (Å²) in [7, 11) is -3.15. The molecule has 24 heavy (non-hydrogen) atoms. The quantitative estimate of drug-likeness (QED) is 0.785. The summed E-state index contributed by atoms with van der Waals surface area (Å²) in [6, 6.07) is 5.91. The molecule has 0 unspecified atom stereocenters. The maximum absolute atomic E-state index is 12.2. The van der Waals surface area contributed by atoms with E-state index >= 15 is 0 Å². The summed E-state index contributed by atoms with van der Waals surface area (Å²) in [6.07, 6.45) is 2.34. The third-order valence-electron chi connectivity index (χ3n) is 4.51. The first-order valence-corrected chi connectivity index (χ1v) is 10.1. The fraction of sp³-hybridized carbons (Fsp3) is 0.588. The molecule has 0 radical (unpaired) electrons. The summed E-state index contributed by atoms with van der Waals surface area (Å²) < 4.78 is 30.1. The number of hydrogen-bond donors (Lipinski definition) is 1. The molecular formula is C17H26N2O4S. The molecule has 6 nitrogen and oxygen atoms in total. The molecule has 1 saturated heterocycles. The molecule has 0 aromatic heterocycles. The predicted octanol–water partition coefficient (Wildman–Crippen LogP) is 1.47. The number of amides is 1. The lowest BCUT2D eigenvalue weighted by molar-refractivity contribution is -0.126. The standard InChI is InChI=1S/C17H26N2O4S/c1-13-5-4-6-16(14(13)2)23-12-9-18-17(20)15-7-10-19(11-8-15)24(3,21)22/h4-6,15H,7-12H2,1-3H3,(H,18,20). The first kappa shape index (κ1) is 18.7. The lowest BCUT2D eigenvalue weighted by atomic mass is 9.97. The summed E-state index contributed by atoms with van der Waals surface area (Å²) in [5.41, 5.74) is 2.28. The minimum absolute atomic E-state index is 0.0206. The molecule has 134 valence electrons. The van der Waals surface area contributed by atoms with Gasteiger partial charge in [0.1, 0.15) is 12.4 Å². The van der Waals surface area contributed by atoms with Crippen molar-refractivity contribution in [3.8, 4) is 5.75 Å². The number of carbonyl (C=O) groups excluding carboxylic acids is 1. The van der Waals surface area contributed by atoms with Crippen LogP contribution in [-0.4, -0.2) is 51.1 Å². The van der Waals surface area contributed by atoms with Crippen molar-refractivity contribution in [2.24, 2.45) is 5.92 Å². The van der Waals surface area contributed by atoms with E-state index in [0.717, 1.165) is 11.3 Å². The van der Waals surface area contributed by atoms with Crippen molar-refractivity contribution in [2.45, 2.75) is 26.7 Å². The molecule has 0 atom stereocenters. The van der Waals surface area contributed by atoms with Crippen molar-refractivity contribution < 1.29 is 17.9 Å². The first-order chi connectivity index (χ1) is 11.3. The molecule has 1 aliphatic heterocycles. The number of nitrogens with one attached hydrogen (secondary N) is 1. The van der Waals surface area contributed by atoms with Gasteiger partial charge in [-0.15, -0.1) is 0 Å². The van der Waals surface area contributed by atoms with Gasteiger partial charge in [-0.3, -0.25) is 4.79 Å². The van der Waals surface area contributed by atoms with Gasteiger partial charge in [0.2, 0.25) is 15.9 Å². The molecule has 0 aliphatic carbocycles. The number of piperidine rings is 1. The van der Waals surface area contributed by atoms with E-state index in [1.165, 1.54) is 16.1 Å². The van der Waals surface area contributed by atoms with Crippen LogP contribution >= 0.6 is 0 Å². The SMILES string of the molecule is Cc1cccc(OCCNC(=O)C2CCN(S(C)(=O)=O)CC2)c1C. The molecule has 0 bridgehead atoms. The van der Waals surface area contributed by atoms with Crippen molar-refractivity contribution in [3.05, 3.63) is 29.3 Å². The van der Waals surface area contributed by atoms with Gasteiger partial charge in [0.25, 0.3) is 0 Å². The minimum atomic E-state index is -3.15. The van der Waals surface area contributed by atoms with Gasteiger partial charge in [0.15, 0.2) is 0 Å². The van der Waals surface area contributed by atoms with E-state index in [-0.39, 0.29) is 11.8 Å². The van der Waals surface area contributed by atoms with Crippen LogP contribution in [0.2, 0.25) is 0 Å². The van der Waals surface area contributed by atoms with Crippen LogP contribution in [0, 0.1) is 19.8 Å². The molecule has 7 heteroatoms. The molecule has 0 saturated carbocycles. The van der Waals surface area contributed by atoms with Gasteiger partial charge >= 0.3 is 0 Å². The Labute approximate surface area is 144 Å². The molecular weight excluding hydrogens is 328 g/mol. The number of benzene rings is 1. The largest absolute Gasteiger partial charge is 0.491 e. The Bertz CT molecular complexity index is 680. The van der Waals surface area contributed by atoms with Crippen LogP contribution in [-0.2, 0) is 14.8 Å². The van der Waals surface area contributed by atoms with E-state index in [1.54, 1.807) is 0 Å². The zero-order valence-electron chi connectivity index (χ0n) is 14.5. The second-order valence-electron chi connectivity index (χ2n) is 6.27. The van der Waals surface area contributed by atoms with Crippen LogP contribution in [0.5, 0.6) is 5.75 Å². The van der Waals surface area contributed by atoms with Gasteiger partial charge in [-0.25, -0.2) is 12.7 Å². The zero-order valence-corrected chi connectivity index (χ0v) is 15.4. The Balaban J connectivity index is 1.72. The van der Waals surface area contributed by atoms with Crippen LogP contribution in [0.4, 0.5) is 0 Å². The Kier molecular flexibility index (Phi) is 6.23. The molecule has 1 aromatic carbocycles. The van der Waals surface area contributed by atoms with Crippen LogP contribution in [0.15, 0.2) is 18.2 Å². The number of carbonyl (C=O) groups is 1. The monoisotopic (exact) mass is 354 g/mol. The predicted molar refractivity (Wildman–Crippen MR) is 93.6 cm³/mol. The Morgan fingerprint density at radius 2 is 1.96 bits per heavy atom. The number of sulfonamides is 1. The van der Waals surface area contributed by atoms with E-state index in [2.05, 4.69) is 5.32 Å². The molecule has 1 aromatic rings. The molecule has 1 N–H and O–H groups in total. The highest BCUT2D eigenvalue weighted by Gasteiger charge is 2.28. The van der Waals surface area contributed by atoms with E-state index in [1.807, 2.05) is 32.0 Å². The van der Waals surface area contributed by atoms with E-state index < -0.39 is 10.0 Å². The summed E-state index contributed by atoms with van der Waals surface area (Å²) in [5.74, 6) is 0.696. The Morgan fingerprint density at radius 1 is 1.29 bits per heavy atom. The summed E-state index contributed by atoms with van der Waals surface area (Å²) >= 11 is 0. The smallest absolute Gasteiger partial charge is 0.223 e. The summed E-state index contributed by atoms with van der Waals surface area (Å²) in [4.78, 5) is 12.2. The number of aryl methyl sites for hydroxylation is 1. The third-order valence-corrected chi connectivity index (χ3v) is 5.81.